The number of carbonyl (C=O) groups excluding carboxylic acids is 3. The van der Waals surface area contributed by atoms with Crippen LogP contribution in [0.5, 0.6) is 5.75 Å². The van der Waals surface area contributed by atoms with Crippen molar-refractivity contribution in [2.24, 2.45) is 0 Å². The Morgan fingerprint density at radius 2 is 1.80 bits per heavy atom. The molecule has 156 valence electrons. The Bertz CT molecular complexity index is 965. The first-order valence-corrected chi connectivity index (χ1v) is 10.2. The van der Waals surface area contributed by atoms with Gasteiger partial charge in [-0.15, -0.1) is 0 Å². The van der Waals surface area contributed by atoms with Crippen molar-refractivity contribution in [2.45, 2.75) is 26.3 Å². The summed E-state index contributed by atoms with van der Waals surface area (Å²) in [6.07, 6.45) is 2.01. The molecule has 7 heteroatoms. The zero-order valence-electron chi connectivity index (χ0n) is 17.0. The molecule has 30 heavy (non-hydrogen) atoms. The summed E-state index contributed by atoms with van der Waals surface area (Å²) >= 11 is 0. The van der Waals surface area contributed by atoms with Crippen LogP contribution in [0, 0.1) is 6.92 Å². The molecule has 2 aliphatic heterocycles. The molecule has 3 amide bonds. The molecule has 1 fully saturated rings. The molecule has 0 radical (unpaired) electrons. The molecule has 0 aromatic heterocycles. The van der Waals surface area contributed by atoms with Crippen molar-refractivity contribution in [1.29, 1.82) is 0 Å². The van der Waals surface area contributed by atoms with Gasteiger partial charge in [0.05, 0.1) is 5.69 Å². The van der Waals surface area contributed by atoms with Gasteiger partial charge in [-0.1, -0.05) is 29.8 Å². The number of anilines is 1. The number of hydrogen-bond donors (Lipinski definition) is 1. The monoisotopic (exact) mass is 407 g/mol. The average molecular weight is 407 g/mol. The minimum absolute atomic E-state index is 0.0582. The first-order chi connectivity index (χ1) is 14.5. The minimum atomic E-state index is -0.307. The van der Waals surface area contributed by atoms with Gasteiger partial charge >= 0.3 is 0 Å². The SMILES string of the molecule is Cc1ccc(CNC(=O)CN2C(=O)COc3ccc(C(=O)N4CCCC4)cc32)cc1. The number of likely N-dealkylation sites (tertiary alicyclic amines) is 1. The average Bonchev–Trinajstić information content (AvgIpc) is 3.29. The van der Waals surface area contributed by atoms with E-state index in [1.807, 2.05) is 36.1 Å². The van der Waals surface area contributed by atoms with Crippen LogP contribution in [0.25, 0.3) is 0 Å². The molecule has 0 bridgehead atoms. The molecular weight excluding hydrogens is 382 g/mol. The highest BCUT2D eigenvalue weighted by Crippen LogP contribution is 2.33. The highest BCUT2D eigenvalue weighted by molar-refractivity contribution is 6.04. The van der Waals surface area contributed by atoms with Gasteiger partial charge in [0.1, 0.15) is 12.3 Å². The molecular formula is C23H25N3O4. The summed E-state index contributed by atoms with van der Waals surface area (Å²) in [5.41, 5.74) is 3.10. The quantitative estimate of drug-likeness (QED) is 0.825. The van der Waals surface area contributed by atoms with E-state index in [4.69, 9.17) is 4.74 Å². The van der Waals surface area contributed by atoms with Gasteiger partial charge in [-0.05, 0) is 43.5 Å². The summed E-state index contributed by atoms with van der Waals surface area (Å²) in [5.74, 6) is -0.136. The molecule has 2 heterocycles. The fourth-order valence-electron chi connectivity index (χ4n) is 3.72. The number of hydrogen-bond acceptors (Lipinski definition) is 4. The van der Waals surface area contributed by atoms with E-state index in [1.54, 1.807) is 18.2 Å². The number of carbonyl (C=O) groups is 3. The third kappa shape index (κ3) is 4.30. The van der Waals surface area contributed by atoms with Crippen molar-refractivity contribution in [3.63, 3.8) is 0 Å². The number of ether oxygens (including phenoxy) is 1. The standard InChI is InChI=1S/C23H25N3O4/c1-16-4-6-17(7-5-16)13-24-21(27)14-26-19-12-18(23(29)25-10-2-3-11-25)8-9-20(19)30-15-22(26)28/h4-9,12H,2-3,10-11,13-15H2,1H3,(H,24,27). The lowest BCUT2D eigenvalue weighted by atomic mass is 10.1. The predicted octanol–water partition coefficient (Wildman–Crippen LogP) is 2.27. The van der Waals surface area contributed by atoms with Crippen molar-refractivity contribution < 1.29 is 19.1 Å². The summed E-state index contributed by atoms with van der Waals surface area (Å²) in [6.45, 7) is 3.64. The van der Waals surface area contributed by atoms with Gasteiger partial charge in [-0.2, -0.15) is 0 Å². The highest BCUT2D eigenvalue weighted by atomic mass is 16.5. The second-order valence-electron chi connectivity index (χ2n) is 7.71. The zero-order chi connectivity index (χ0) is 21.1. The largest absolute Gasteiger partial charge is 0.482 e. The van der Waals surface area contributed by atoms with Crippen LogP contribution in [0.15, 0.2) is 42.5 Å². The second-order valence-corrected chi connectivity index (χ2v) is 7.71. The maximum absolute atomic E-state index is 12.7. The van der Waals surface area contributed by atoms with Crippen LogP contribution >= 0.6 is 0 Å². The molecule has 7 nitrogen and oxygen atoms in total. The number of aryl methyl sites for hydroxylation is 1. The molecule has 0 saturated carbocycles. The summed E-state index contributed by atoms with van der Waals surface area (Å²) < 4.78 is 5.50. The smallest absolute Gasteiger partial charge is 0.265 e. The second kappa shape index (κ2) is 8.57. The van der Waals surface area contributed by atoms with Gasteiger partial charge in [0, 0.05) is 25.2 Å². The van der Waals surface area contributed by atoms with E-state index in [0.717, 1.165) is 37.1 Å². The Hall–Kier alpha value is -3.35. The van der Waals surface area contributed by atoms with Crippen molar-refractivity contribution in [1.82, 2.24) is 10.2 Å². The first kappa shape index (κ1) is 19.9. The third-order valence-electron chi connectivity index (χ3n) is 5.45. The minimum Gasteiger partial charge on any atom is -0.482 e. The Labute approximate surface area is 175 Å². The van der Waals surface area contributed by atoms with Gasteiger partial charge in [0.25, 0.3) is 11.8 Å². The van der Waals surface area contributed by atoms with E-state index in [-0.39, 0.29) is 30.9 Å². The van der Waals surface area contributed by atoms with E-state index < -0.39 is 0 Å². The Balaban J connectivity index is 1.47. The molecule has 1 saturated heterocycles. The number of amides is 3. The lowest BCUT2D eigenvalue weighted by Gasteiger charge is -2.29. The topological polar surface area (TPSA) is 79.0 Å². The van der Waals surface area contributed by atoms with Crippen molar-refractivity contribution in [2.75, 3.05) is 31.1 Å². The van der Waals surface area contributed by atoms with Gasteiger partial charge in [0.2, 0.25) is 5.91 Å². The number of nitrogens with zero attached hydrogens (tertiary/aromatic N) is 2. The van der Waals surface area contributed by atoms with Crippen LogP contribution < -0.4 is 15.0 Å². The number of rotatable bonds is 5. The normalized spacial score (nSPS) is 15.6. The van der Waals surface area contributed by atoms with E-state index in [2.05, 4.69) is 5.32 Å². The van der Waals surface area contributed by atoms with Crippen molar-refractivity contribution >= 4 is 23.4 Å². The first-order valence-electron chi connectivity index (χ1n) is 10.2. The fourth-order valence-corrected chi connectivity index (χ4v) is 3.72. The molecule has 1 N–H and O–H groups in total. The van der Waals surface area contributed by atoms with E-state index in [0.29, 0.717) is 23.5 Å². The van der Waals surface area contributed by atoms with Gasteiger partial charge in [-0.25, -0.2) is 0 Å². The molecule has 0 unspecified atom stereocenters. The van der Waals surface area contributed by atoms with Crippen LogP contribution in [0.3, 0.4) is 0 Å². The van der Waals surface area contributed by atoms with E-state index in [9.17, 15) is 14.4 Å². The van der Waals surface area contributed by atoms with Gasteiger partial charge in [-0.3, -0.25) is 19.3 Å². The third-order valence-corrected chi connectivity index (χ3v) is 5.45. The van der Waals surface area contributed by atoms with Crippen LogP contribution in [-0.2, 0) is 16.1 Å². The molecule has 2 aromatic rings. The highest BCUT2D eigenvalue weighted by Gasteiger charge is 2.29. The number of nitrogens with one attached hydrogen (secondary N) is 1. The molecule has 0 aliphatic carbocycles. The van der Waals surface area contributed by atoms with E-state index >= 15 is 0 Å². The maximum atomic E-state index is 12.7. The van der Waals surface area contributed by atoms with Crippen molar-refractivity contribution in [3.05, 3.63) is 59.2 Å². The summed E-state index contributed by atoms with van der Waals surface area (Å²) in [7, 11) is 0. The van der Waals surface area contributed by atoms with Crippen LogP contribution in [-0.4, -0.2) is 48.9 Å². The fraction of sp³-hybridized carbons (Fsp3) is 0.348. The summed E-state index contributed by atoms with van der Waals surface area (Å²) in [6, 6.07) is 13.0. The number of fused-ring (bicyclic) bond motifs is 1. The summed E-state index contributed by atoms with van der Waals surface area (Å²) in [4.78, 5) is 40.9. The predicted molar refractivity (Wildman–Crippen MR) is 112 cm³/mol. The Morgan fingerprint density at radius 1 is 1.07 bits per heavy atom. The van der Waals surface area contributed by atoms with Crippen molar-refractivity contribution in [3.8, 4) is 5.75 Å². The Kier molecular flexibility index (Phi) is 5.70. The van der Waals surface area contributed by atoms with Gasteiger partial charge < -0.3 is 15.0 Å². The molecule has 0 atom stereocenters. The van der Waals surface area contributed by atoms with E-state index in [1.165, 1.54) is 4.90 Å². The molecule has 2 aromatic carbocycles. The van der Waals surface area contributed by atoms with Gasteiger partial charge in [0.15, 0.2) is 6.61 Å². The molecule has 4 rings (SSSR count). The maximum Gasteiger partial charge on any atom is 0.265 e. The zero-order valence-corrected chi connectivity index (χ0v) is 17.0. The molecule has 2 aliphatic rings. The van der Waals surface area contributed by atoms with Crippen LogP contribution in [0.2, 0.25) is 0 Å². The van der Waals surface area contributed by atoms with Crippen LogP contribution in [0.4, 0.5) is 5.69 Å². The summed E-state index contributed by atoms with van der Waals surface area (Å²) in [5, 5.41) is 2.85. The Morgan fingerprint density at radius 3 is 2.53 bits per heavy atom. The molecule has 0 spiro atoms. The lowest BCUT2D eigenvalue weighted by molar-refractivity contribution is -0.125. The number of benzene rings is 2. The lowest BCUT2D eigenvalue weighted by Crippen LogP contribution is -2.45. The van der Waals surface area contributed by atoms with Crippen LogP contribution in [0.1, 0.15) is 34.3 Å².